The van der Waals surface area contributed by atoms with Gasteiger partial charge in [-0.05, 0) is 25.1 Å². The van der Waals surface area contributed by atoms with Crippen LogP contribution in [0.2, 0.25) is 0 Å². The van der Waals surface area contributed by atoms with Crippen molar-refractivity contribution in [3.8, 4) is 11.3 Å². The molecule has 1 amide bonds. The van der Waals surface area contributed by atoms with Crippen LogP contribution in [0.4, 0.5) is 5.69 Å². The Kier molecular flexibility index (Phi) is 4.72. The summed E-state index contributed by atoms with van der Waals surface area (Å²) < 4.78 is 1.23. The van der Waals surface area contributed by atoms with Crippen molar-refractivity contribution < 1.29 is 4.79 Å². The highest BCUT2D eigenvalue weighted by atomic mass is 16.2. The van der Waals surface area contributed by atoms with Crippen LogP contribution in [0.1, 0.15) is 5.56 Å². The van der Waals surface area contributed by atoms with Gasteiger partial charge >= 0.3 is 0 Å². The summed E-state index contributed by atoms with van der Waals surface area (Å²) in [5.41, 5.74) is 3.13. The Morgan fingerprint density at radius 1 is 0.893 bits per heavy atom. The van der Waals surface area contributed by atoms with E-state index in [1.165, 1.54) is 4.68 Å². The Morgan fingerprint density at radius 2 is 1.54 bits per heavy atom. The first kappa shape index (κ1) is 17.7. The van der Waals surface area contributed by atoms with Gasteiger partial charge in [-0.3, -0.25) is 9.59 Å². The van der Waals surface area contributed by atoms with Crippen LogP contribution in [-0.2, 0) is 11.3 Å². The smallest absolute Gasteiger partial charge is 0.275 e. The molecule has 138 valence electrons. The van der Waals surface area contributed by atoms with Crippen molar-refractivity contribution in [1.29, 1.82) is 0 Å². The van der Waals surface area contributed by atoms with E-state index in [1.54, 1.807) is 18.2 Å². The average Bonchev–Trinajstić information content (AvgIpc) is 2.72. The third-order valence-electron chi connectivity index (χ3n) is 4.54. The molecular formula is C23H19N3O2. The van der Waals surface area contributed by atoms with Gasteiger partial charge in [0.1, 0.15) is 6.54 Å². The maximum atomic E-state index is 12.9. The normalized spacial score (nSPS) is 10.8. The van der Waals surface area contributed by atoms with Crippen molar-refractivity contribution in [2.75, 3.05) is 5.32 Å². The van der Waals surface area contributed by atoms with Crippen molar-refractivity contribution in [2.45, 2.75) is 13.5 Å². The Bertz CT molecular complexity index is 1200. The molecule has 0 fully saturated rings. The zero-order valence-electron chi connectivity index (χ0n) is 15.4. The number of nitrogens with one attached hydrogen (secondary N) is 1. The number of para-hydroxylation sites is 1. The van der Waals surface area contributed by atoms with E-state index in [0.29, 0.717) is 16.8 Å². The molecule has 0 bridgehead atoms. The molecule has 4 aromatic rings. The van der Waals surface area contributed by atoms with E-state index < -0.39 is 0 Å². The zero-order valence-corrected chi connectivity index (χ0v) is 15.4. The SMILES string of the molecule is Cc1ccc(-c2nn(CC(=O)Nc3ccccc3)c(=O)c3ccccc23)cc1. The minimum Gasteiger partial charge on any atom is -0.324 e. The summed E-state index contributed by atoms with van der Waals surface area (Å²) in [5.74, 6) is -0.300. The number of hydrogen-bond donors (Lipinski definition) is 1. The second-order valence-corrected chi connectivity index (χ2v) is 6.64. The highest BCUT2D eigenvalue weighted by Crippen LogP contribution is 2.24. The molecular weight excluding hydrogens is 350 g/mol. The molecule has 0 aliphatic heterocycles. The molecule has 0 atom stereocenters. The number of amides is 1. The van der Waals surface area contributed by atoms with Gasteiger partial charge in [0.15, 0.2) is 0 Å². The van der Waals surface area contributed by atoms with Crippen LogP contribution >= 0.6 is 0 Å². The molecule has 0 aliphatic carbocycles. The van der Waals surface area contributed by atoms with Gasteiger partial charge in [-0.2, -0.15) is 5.10 Å². The fourth-order valence-corrected chi connectivity index (χ4v) is 3.12. The van der Waals surface area contributed by atoms with Crippen LogP contribution in [0.25, 0.3) is 22.0 Å². The van der Waals surface area contributed by atoms with Crippen molar-refractivity contribution in [3.63, 3.8) is 0 Å². The quantitative estimate of drug-likeness (QED) is 0.591. The number of nitrogens with zero attached hydrogens (tertiary/aromatic N) is 2. The van der Waals surface area contributed by atoms with Crippen LogP contribution in [-0.4, -0.2) is 15.7 Å². The summed E-state index contributed by atoms with van der Waals surface area (Å²) in [6.45, 7) is 1.86. The Hall–Kier alpha value is -3.73. The fourth-order valence-electron chi connectivity index (χ4n) is 3.12. The number of rotatable bonds is 4. The van der Waals surface area contributed by atoms with E-state index in [0.717, 1.165) is 16.5 Å². The Morgan fingerprint density at radius 3 is 2.25 bits per heavy atom. The van der Waals surface area contributed by atoms with E-state index in [9.17, 15) is 9.59 Å². The lowest BCUT2D eigenvalue weighted by Crippen LogP contribution is -2.30. The highest BCUT2D eigenvalue weighted by Gasteiger charge is 2.14. The van der Waals surface area contributed by atoms with Crippen LogP contribution < -0.4 is 10.9 Å². The molecule has 0 radical (unpaired) electrons. The molecule has 0 spiro atoms. The van der Waals surface area contributed by atoms with Gasteiger partial charge < -0.3 is 5.32 Å². The lowest BCUT2D eigenvalue weighted by atomic mass is 10.0. The third kappa shape index (κ3) is 3.55. The lowest BCUT2D eigenvalue weighted by molar-refractivity contribution is -0.117. The van der Waals surface area contributed by atoms with Crippen molar-refractivity contribution in [2.24, 2.45) is 0 Å². The van der Waals surface area contributed by atoms with Crippen LogP contribution in [0.15, 0.2) is 83.7 Å². The Balaban J connectivity index is 1.76. The predicted molar refractivity (Wildman–Crippen MR) is 111 cm³/mol. The lowest BCUT2D eigenvalue weighted by Gasteiger charge is -2.12. The number of carbonyl (C=O) groups is 1. The molecule has 0 saturated heterocycles. The molecule has 0 aliphatic rings. The monoisotopic (exact) mass is 369 g/mol. The van der Waals surface area contributed by atoms with Crippen LogP contribution in [0.5, 0.6) is 0 Å². The summed E-state index contributed by atoms with van der Waals surface area (Å²) in [7, 11) is 0. The number of fused-ring (bicyclic) bond motifs is 1. The number of aryl methyl sites for hydroxylation is 1. The largest absolute Gasteiger partial charge is 0.324 e. The summed E-state index contributed by atoms with van der Waals surface area (Å²) in [5, 5.41) is 8.64. The van der Waals surface area contributed by atoms with Crippen LogP contribution in [0.3, 0.4) is 0 Å². The first-order valence-electron chi connectivity index (χ1n) is 9.03. The standard InChI is InChI=1S/C23H19N3O2/c1-16-11-13-17(14-12-16)22-19-9-5-6-10-20(19)23(28)26(25-22)15-21(27)24-18-7-3-2-4-8-18/h2-14H,15H2,1H3,(H,24,27). The Labute approximate surface area is 162 Å². The molecule has 0 saturated carbocycles. The zero-order chi connectivity index (χ0) is 19.5. The van der Waals surface area contributed by atoms with Gasteiger partial charge in [0.2, 0.25) is 5.91 Å². The van der Waals surface area contributed by atoms with Gasteiger partial charge in [0.05, 0.1) is 11.1 Å². The topological polar surface area (TPSA) is 64.0 Å². The molecule has 1 N–H and O–H groups in total. The fraction of sp³-hybridized carbons (Fsp3) is 0.0870. The molecule has 3 aromatic carbocycles. The number of benzene rings is 3. The molecule has 5 nitrogen and oxygen atoms in total. The molecule has 1 heterocycles. The number of carbonyl (C=O) groups excluding carboxylic acids is 1. The van der Waals surface area contributed by atoms with Crippen molar-refractivity contribution >= 4 is 22.4 Å². The maximum Gasteiger partial charge on any atom is 0.275 e. The van der Waals surface area contributed by atoms with Crippen molar-refractivity contribution in [3.05, 3.63) is 94.8 Å². The first-order valence-corrected chi connectivity index (χ1v) is 9.03. The molecule has 5 heteroatoms. The van der Waals surface area contributed by atoms with Gasteiger partial charge in [-0.1, -0.05) is 66.2 Å². The van der Waals surface area contributed by atoms with Gasteiger partial charge in [0.25, 0.3) is 5.56 Å². The summed E-state index contributed by atoms with van der Waals surface area (Å²) >= 11 is 0. The summed E-state index contributed by atoms with van der Waals surface area (Å²) in [6, 6.07) is 24.5. The van der Waals surface area contributed by atoms with E-state index >= 15 is 0 Å². The molecule has 0 unspecified atom stereocenters. The summed E-state index contributed by atoms with van der Waals surface area (Å²) in [4.78, 5) is 25.3. The minimum atomic E-state index is -0.300. The van der Waals surface area contributed by atoms with E-state index in [2.05, 4.69) is 10.4 Å². The molecule has 4 rings (SSSR count). The van der Waals surface area contributed by atoms with Gasteiger partial charge in [0, 0.05) is 16.6 Å². The van der Waals surface area contributed by atoms with Crippen LogP contribution in [0, 0.1) is 6.92 Å². The second kappa shape index (κ2) is 7.48. The minimum absolute atomic E-state index is 0.155. The van der Waals surface area contributed by atoms with E-state index in [1.807, 2.05) is 67.6 Å². The second-order valence-electron chi connectivity index (χ2n) is 6.64. The average molecular weight is 369 g/mol. The summed E-state index contributed by atoms with van der Waals surface area (Å²) in [6.07, 6.45) is 0. The molecule has 28 heavy (non-hydrogen) atoms. The molecule has 1 aromatic heterocycles. The number of anilines is 1. The van der Waals surface area contributed by atoms with Gasteiger partial charge in [-0.25, -0.2) is 4.68 Å². The third-order valence-corrected chi connectivity index (χ3v) is 4.54. The predicted octanol–water partition coefficient (Wildman–Crippen LogP) is 4.01. The van der Waals surface area contributed by atoms with Crippen molar-refractivity contribution in [1.82, 2.24) is 9.78 Å². The number of hydrogen-bond acceptors (Lipinski definition) is 3. The maximum absolute atomic E-state index is 12.9. The van der Waals surface area contributed by atoms with E-state index in [4.69, 9.17) is 0 Å². The number of aromatic nitrogens is 2. The highest BCUT2D eigenvalue weighted by molar-refractivity contribution is 5.94. The van der Waals surface area contributed by atoms with E-state index in [-0.39, 0.29) is 18.0 Å². The van der Waals surface area contributed by atoms with Gasteiger partial charge in [-0.15, -0.1) is 0 Å². The first-order chi connectivity index (χ1) is 13.6.